The zero-order valence-corrected chi connectivity index (χ0v) is 9.79. The van der Waals surface area contributed by atoms with E-state index < -0.39 is 22.6 Å². The van der Waals surface area contributed by atoms with Crippen LogP contribution >= 0.6 is 0 Å². The number of hydrogen-bond acceptors (Lipinski definition) is 3. The third-order valence-corrected chi connectivity index (χ3v) is 2.19. The molecular formula is C11H18O4. The predicted molar refractivity (Wildman–Crippen MR) is 56.6 cm³/mol. The van der Waals surface area contributed by atoms with Crippen LogP contribution in [0, 0.1) is 10.8 Å². The maximum atomic E-state index is 11.5. The van der Waals surface area contributed by atoms with Crippen LogP contribution in [0.3, 0.4) is 0 Å². The zero-order chi connectivity index (χ0) is 12.4. The Bertz CT molecular complexity index is 305. The monoisotopic (exact) mass is 214 g/mol. The van der Waals surface area contributed by atoms with Crippen LogP contribution in [-0.4, -0.2) is 22.0 Å². The molecule has 0 atom stereocenters. The molecule has 0 aromatic carbocycles. The lowest BCUT2D eigenvalue weighted by atomic mass is 9.85. The van der Waals surface area contributed by atoms with Gasteiger partial charge in [-0.15, -0.1) is 0 Å². The fraction of sp³-hybridized carbons (Fsp3) is 0.636. The minimum Gasteiger partial charge on any atom is -0.512 e. The molecular weight excluding hydrogens is 196 g/mol. The van der Waals surface area contributed by atoms with Crippen molar-refractivity contribution in [1.82, 2.24) is 0 Å². The summed E-state index contributed by atoms with van der Waals surface area (Å²) >= 11 is 0. The molecule has 0 bridgehead atoms. The van der Waals surface area contributed by atoms with Crippen molar-refractivity contribution in [2.45, 2.75) is 34.6 Å². The van der Waals surface area contributed by atoms with Crippen molar-refractivity contribution in [1.29, 1.82) is 0 Å². The molecule has 0 aromatic rings. The summed E-state index contributed by atoms with van der Waals surface area (Å²) in [7, 11) is 0. The molecule has 0 aliphatic heterocycles. The number of rotatable bonds is 3. The number of aliphatic carboxylic acids is 1. The van der Waals surface area contributed by atoms with Gasteiger partial charge in [-0.1, -0.05) is 20.8 Å². The maximum Gasteiger partial charge on any atom is 0.316 e. The lowest BCUT2D eigenvalue weighted by molar-refractivity contribution is -0.151. The summed E-state index contributed by atoms with van der Waals surface area (Å²) < 4.78 is 0. The normalized spacial score (nSPS) is 13.8. The molecule has 0 spiro atoms. The molecule has 86 valence electrons. The van der Waals surface area contributed by atoms with Crippen molar-refractivity contribution in [3.8, 4) is 0 Å². The van der Waals surface area contributed by atoms with Gasteiger partial charge in [-0.25, -0.2) is 0 Å². The maximum absolute atomic E-state index is 11.5. The molecule has 0 aromatic heterocycles. The van der Waals surface area contributed by atoms with E-state index in [4.69, 9.17) is 5.11 Å². The van der Waals surface area contributed by atoms with E-state index in [1.165, 1.54) is 13.8 Å². The van der Waals surface area contributed by atoms with Crippen LogP contribution in [0.2, 0.25) is 0 Å². The molecule has 0 fully saturated rings. The summed E-state index contributed by atoms with van der Waals surface area (Å²) in [6.07, 6.45) is 0.994. The number of ketones is 1. The standard InChI is InChI=1S/C11H18O4/c1-10(2,3)7(12)6-8(13)11(4,5)9(14)15/h6,12H,1-5H3,(H,14,15)/b7-6-. The van der Waals surface area contributed by atoms with E-state index in [0.717, 1.165) is 6.08 Å². The SMILES string of the molecule is CC(C)(C(=O)O)C(=O)/C=C(\O)C(C)(C)C. The zero-order valence-electron chi connectivity index (χ0n) is 9.79. The van der Waals surface area contributed by atoms with E-state index in [-0.39, 0.29) is 5.76 Å². The number of aliphatic hydroxyl groups excluding tert-OH is 1. The van der Waals surface area contributed by atoms with Crippen molar-refractivity contribution in [2.24, 2.45) is 10.8 Å². The second-order valence-corrected chi connectivity index (χ2v) is 5.07. The topological polar surface area (TPSA) is 74.6 Å². The van der Waals surface area contributed by atoms with Crippen molar-refractivity contribution in [2.75, 3.05) is 0 Å². The summed E-state index contributed by atoms with van der Waals surface area (Å²) in [6.45, 7) is 7.83. The van der Waals surface area contributed by atoms with Crippen LogP contribution < -0.4 is 0 Å². The Morgan fingerprint density at radius 3 is 1.67 bits per heavy atom. The minimum atomic E-state index is -1.50. The van der Waals surface area contributed by atoms with E-state index >= 15 is 0 Å². The minimum absolute atomic E-state index is 0.109. The summed E-state index contributed by atoms with van der Waals surface area (Å²) in [5.74, 6) is -1.92. The molecule has 0 aliphatic carbocycles. The van der Waals surface area contributed by atoms with Gasteiger partial charge in [0.2, 0.25) is 0 Å². The first-order chi connectivity index (χ1) is 6.49. The molecule has 0 saturated heterocycles. The molecule has 0 saturated carbocycles. The average molecular weight is 214 g/mol. The molecule has 0 amide bonds. The van der Waals surface area contributed by atoms with E-state index in [1.54, 1.807) is 20.8 Å². The highest BCUT2D eigenvalue weighted by Crippen LogP contribution is 2.25. The Hall–Kier alpha value is -1.32. The van der Waals surface area contributed by atoms with Gasteiger partial charge in [0.1, 0.15) is 11.2 Å². The van der Waals surface area contributed by atoms with Gasteiger partial charge in [0.05, 0.1) is 0 Å². The second-order valence-electron chi connectivity index (χ2n) is 5.07. The fourth-order valence-corrected chi connectivity index (χ4v) is 0.626. The predicted octanol–water partition coefficient (Wildman–Crippen LogP) is 2.15. The Kier molecular flexibility index (Phi) is 3.69. The van der Waals surface area contributed by atoms with Gasteiger partial charge < -0.3 is 10.2 Å². The summed E-state index contributed by atoms with van der Waals surface area (Å²) in [6, 6.07) is 0. The number of carbonyl (C=O) groups is 2. The number of hydrogen-bond donors (Lipinski definition) is 2. The quantitative estimate of drug-likeness (QED) is 0.429. The van der Waals surface area contributed by atoms with Crippen LogP contribution in [0.15, 0.2) is 11.8 Å². The van der Waals surface area contributed by atoms with Gasteiger partial charge in [-0.05, 0) is 13.8 Å². The fourth-order valence-electron chi connectivity index (χ4n) is 0.626. The average Bonchev–Trinajstić information content (AvgIpc) is 2.01. The lowest BCUT2D eigenvalue weighted by Crippen LogP contribution is -2.32. The van der Waals surface area contributed by atoms with Crippen molar-refractivity contribution >= 4 is 11.8 Å². The Morgan fingerprint density at radius 1 is 1.00 bits per heavy atom. The van der Waals surface area contributed by atoms with E-state index in [0.29, 0.717) is 0 Å². The third kappa shape index (κ3) is 3.38. The molecule has 0 radical (unpaired) electrons. The van der Waals surface area contributed by atoms with Crippen molar-refractivity contribution in [3.63, 3.8) is 0 Å². The van der Waals surface area contributed by atoms with Crippen LogP contribution in [0.25, 0.3) is 0 Å². The highest BCUT2D eigenvalue weighted by atomic mass is 16.4. The highest BCUT2D eigenvalue weighted by molar-refractivity contribution is 6.08. The molecule has 0 rings (SSSR count). The van der Waals surface area contributed by atoms with E-state index in [2.05, 4.69) is 0 Å². The molecule has 4 nitrogen and oxygen atoms in total. The Balaban J connectivity index is 5.01. The first-order valence-electron chi connectivity index (χ1n) is 4.68. The van der Waals surface area contributed by atoms with Crippen LogP contribution in [0.1, 0.15) is 34.6 Å². The smallest absolute Gasteiger partial charge is 0.316 e. The largest absolute Gasteiger partial charge is 0.512 e. The van der Waals surface area contributed by atoms with Gasteiger partial charge in [0.25, 0.3) is 0 Å². The van der Waals surface area contributed by atoms with Crippen LogP contribution in [0.4, 0.5) is 0 Å². The summed E-state index contributed by atoms with van der Waals surface area (Å²) in [5.41, 5.74) is -2.05. The Labute approximate surface area is 89.6 Å². The second kappa shape index (κ2) is 4.04. The highest BCUT2D eigenvalue weighted by Gasteiger charge is 2.35. The van der Waals surface area contributed by atoms with Gasteiger partial charge in [-0.2, -0.15) is 0 Å². The first kappa shape index (κ1) is 13.7. The van der Waals surface area contributed by atoms with Crippen molar-refractivity contribution < 1.29 is 19.8 Å². The van der Waals surface area contributed by atoms with E-state index in [9.17, 15) is 14.7 Å². The summed E-state index contributed by atoms with van der Waals surface area (Å²) in [5, 5.41) is 18.3. The molecule has 0 unspecified atom stereocenters. The van der Waals surface area contributed by atoms with Crippen molar-refractivity contribution in [3.05, 3.63) is 11.8 Å². The van der Waals surface area contributed by atoms with Gasteiger partial charge in [0, 0.05) is 11.5 Å². The summed E-state index contributed by atoms with van der Waals surface area (Å²) in [4.78, 5) is 22.3. The number of carboxylic acid groups (broad SMARTS) is 1. The lowest BCUT2D eigenvalue weighted by Gasteiger charge is -2.20. The number of carbonyl (C=O) groups excluding carboxylic acids is 1. The number of carboxylic acids is 1. The molecule has 15 heavy (non-hydrogen) atoms. The third-order valence-electron chi connectivity index (χ3n) is 2.19. The molecule has 2 N–H and O–H groups in total. The molecule has 0 heterocycles. The van der Waals surface area contributed by atoms with Crippen LogP contribution in [-0.2, 0) is 9.59 Å². The molecule has 4 heteroatoms. The number of allylic oxidation sites excluding steroid dienone is 2. The van der Waals surface area contributed by atoms with E-state index in [1.807, 2.05) is 0 Å². The molecule has 0 aliphatic rings. The van der Waals surface area contributed by atoms with Crippen LogP contribution in [0.5, 0.6) is 0 Å². The first-order valence-corrected chi connectivity index (χ1v) is 4.68. The van der Waals surface area contributed by atoms with Gasteiger partial charge in [0.15, 0.2) is 5.78 Å². The van der Waals surface area contributed by atoms with Gasteiger partial charge >= 0.3 is 5.97 Å². The Morgan fingerprint density at radius 2 is 1.40 bits per heavy atom. The number of aliphatic hydroxyl groups is 1. The van der Waals surface area contributed by atoms with Gasteiger partial charge in [-0.3, -0.25) is 9.59 Å².